The molecular weight excluding hydrogens is 238 g/mol. The van der Waals surface area contributed by atoms with E-state index < -0.39 is 10.2 Å². The van der Waals surface area contributed by atoms with Crippen molar-refractivity contribution in [1.29, 1.82) is 0 Å². The summed E-state index contributed by atoms with van der Waals surface area (Å²) in [6.45, 7) is 8.42. The molecule has 104 valence electrons. The molecule has 0 aliphatic carbocycles. The molecule has 17 heavy (non-hydrogen) atoms. The predicted octanol–water partition coefficient (Wildman–Crippen LogP) is 0.750. The fourth-order valence-corrected chi connectivity index (χ4v) is 3.15. The summed E-state index contributed by atoms with van der Waals surface area (Å²) in [4.78, 5) is 0. The molecule has 0 atom stereocenters. The minimum absolute atomic E-state index is 0.343. The first kappa shape index (κ1) is 16.8. The van der Waals surface area contributed by atoms with Crippen molar-refractivity contribution in [2.24, 2.45) is 5.92 Å². The van der Waals surface area contributed by atoms with Crippen LogP contribution >= 0.6 is 0 Å². The first-order valence-corrected chi connectivity index (χ1v) is 7.61. The fraction of sp³-hybridized carbons (Fsp3) is 1.00. The second-order valence-electron chi connectivity index (χ2n) is 4.63. The predicted molar refractivity (Wildman–Crippen MR) is 72.2 cm³/mol. The van der Waals surface area contributed by atoms with Crippen LogP contribution in [-0.4, -0.2) is 57.3 Å². The highest BCUT2D eigenvalue weighted by molar-refractivity contribution is 7.86. The Labute approximate surface area is 106 Å². The van der Waals surface area contributed by atoms with Gasteiger partial charge in [-0.15, -0.1) is 0 Å². The van der Waals surface area contributed by atoms with Gasteiger partial charge in [-0.3, -0.25) is 0 Å². The molecule has 0 rings (SSSR count). The Balaban J connectivity index is 4.49. The molecule has 0 aromatic heterocycles. The molecule has 0 aromatic carbocycles. The highest BCUT2D eigenvalue weighted by Crippen LogP contribution is 2.09. The van der Waals surface area contributed by atoms with Crippen molar-refractivity contribution < 1.29 is 8.42 Å². The zero-order valence-electron chi connectivity index (χ0n) is 11.7. The summed E-state index contributed by atoms with van der Waals surface area (Å²) in [7, 11) is 0.226. The monoisotopic (exact) mass is 265 g/mol. The highest BCUT2D eigenvalue weighted by Gasteiger charge is 2.25. The Morgan fingerprint density at radius 1 is 1.29 bits per heavy atom. The Morgan fingerprint density at radius 2 is 1.88 bits per heavy atom. The van der Waals surface area contributed by atoms with Gasteiger partial charge >= 0.3 is 0 Å². The molecule has 0 heterocycles. The SMILES string of the molecule is CCN(CC(C)C)S(=O)(=O)N(C)CCCNC. The fourth-order valence-electron chi connectivity index (χ4n) is 1.58. The lowest BCUT2D eigenvalue weighted by Gasteiger charge is -2.27. The minimum Gasteiger partial charge on any atom is -0.320 e. The van der Waals surface area contributed by atoms with Gasteiger partial charge in [-0.2, -0.15) is 17.0 Å². The Kier molecular flexibility index (Phi) is 7.94. The molecule has 1 N–H and O–H groups in total. The normalized spacial score (nSPS) is 12.9. The number of hydrogen-bond donors (Lipinski definition) is 1. The number of nitrogens with one attached hydrogen (secondary N) is 1. The quantitative estimate of drug-likeness (QED) is 0.626. The third-order valence-corrected chi connectivity index (χ3v) is 4.57. The molecule has 0 saturated heterocycles. The summed E-state index contributed by atoms with van der Waals surface area (Å²) in [5.41, 5.74) is 0. The van der Waals surface area contributed by atoms with Gasteiger partial charge in [0.15, 0.2) is 0 Å². The van der Waals surface area contributed by atoms with Crippen molar-refractivity contribution in [3.8, 4) is 0 Å². The van der Waals surface area contributed by atoms with E-state index in [0.29, 0.717) is 25.6 Å². The Morgan fingerprint density at radius 3 is 2.29 bits per heavy atom. The second kappa shape index (κ2) is 8.02. The molecule has 0 spiro atoms. The van der Waals surface area contributed by atoms with Crippen LogP contribution in [0.1, 0.15) is 27.2 Å². The van der Waals surface area contributed by atoms with Crippen LogP contribution in [0.25, 0.3) is 0 Å². The summed E-state index contributed by atoms with van der Waals surface area (Å²) in [6.07, 6.45) is 0.825. The molecule has 0 fully saturated rings. The number of rotatable bonds is 9. The van der Waals surface area contributed by atoms with E-state index in [1.54, 1.807) is 7.05 Å². The molecule has 0 aliphatic rings. The van der Waals surface area contributed by atoms with Gasteiger partial charge < -0.3 is 5.32 Å². The summed E-state index contributed by atoms with van der Waals surface area (Å²) in [5.74, 6) is 0.343. The van der Waals surface area contributed by atoms with Crippen LogP contribution in [0.2, 0.25) is 0 Å². The van der Waals surface area contributed by atoms with Gasteiger partial charge in [0.25, 0.3) is 10.2 Å². The van der Waals surface area contributed by atoms with Gasteiger partial charge in [-0.1, -0.05) is 20.8 Å². The summed E-state index contributed by atoms with van der Waals surface area (Å²) >= 11 is 0. The zero-order valence-corrected chi connectivity index (χ0v) is 12.5. The highest BCUT2D eigenvalue weighted by atomic mass is 32.2. The molecule has 0 bridgehead atoms. The van der Waals surface area contributed by atoms with E-state index in [-0.39, 0.29) is 0 Å². The Bertz CT molecular complexity index is 291. The molecule has 0 aromatic rings. The minimum atomic E-state index is -3.29. The van der Waals surface area contributed by atoms with Gasteiger partial charge in [0.05, 0.1) is 0 Å². The van der Waals surface area contributed by atoms with E-state index in [9.17, 15) is 8.42 Å². The van der Waals surface area contributed by atoms with Crippen molar-refractivity contribution in [2.75, 3.05) is 40.3 Å². The molecule has 0 radical (unpaired) electrons. The van der Waals surface area contributed by atoms with Crippen LogP contribution < -0.4 is 5.32 Å². The van der Waals surface area contributed by atoms with E-state index in [2.05, 4.69) is 5.32 Å². The molecule has 0 aliphatic heterocycles. The average Bonchev–Trinajstić information content (AvgIpc) is 2.25. The standard InChI is InChI=1S/C11H27N3O2S/c1-6-14(10-11(2)3)17(15,16)13(5)9-7-8-12-4/h11-12H,6-10H2,1-5H3. The molecule has 6 heteroatoms. The van der Waals surface area contributed by atoms with Crippen LogP contribution in [0.5, 0.6) is 0 Å². The van der Waals surface area contributed by atoms with Crippen molar-refractivity contribution in [2.45, 2.75) is 27.2 Å². The lowest BCUT2D eigenvalue weighted by molar-refractivity contribution is 0.339. The van der Waals surface area contributed by atoms with Crippen LogP contribution in [0.15, 0.2) is 0 Å². The number of nitrogens with zero attached hydrogens (tertiary/aromatic N) is 2. The van der Waals surface area contributed by atoms with Gasteiger partial charge in [0.2, 0.25) is 0 Å². The van der Waals surface area contributed by atoms with Crippen LogP contribution in [0.3, 0.4) is 0 Å². The second-order valence-corrected chi connectivity index (χ2v) is 6.67. The van der Waals surface area contributed by atoms with E-state index in [1.165, 1.54) is 8.61 Å². The zero-order chi connectivity index (χ0) is 13.5. The van der Waals surface area contributed by atoms with Crippen molar-refractivity contribution in [3.05, 3.63) is 0 Å². The summed E-state index contributed by atoms with van der Waals surface area (Å²) in [5, 5.41) is 3.01. The molecular formula is C11H27N3O2S. The summed E-state index contributed by atoms with van der Waals surface area (Å²) in [6, 6.07) is 0. The third kappa shape index (κ3) is 5.81. The van der Waals surface area contributed by atoms with Crippen LogP contribution in [0, 0.1) is 5.92 Å². The van der Waals surface area contributed by atoms with Gasteiger partial charge in [0, 0.05) is 26.7 Å². The average molecular weight is 265 g/mol. The largest absolute Gasteiger partial charge is 0.320 e. The molecule has 0 saturated carbocycles. The van der Waals surface area contributed by atoms with Gasteiger partial charge in [0.1, 0.15) is 0 Å². The van der Waals surface area contributed by atoms with Crippen LogP contribution in [-0.2, 0) is 10.2 Å². The molecule has 5 nitrogen and oxygen atoms in total. The van der Waals surface area contributed by atoms with E-state index >= 15 is 0 Å². The first-order valence-electron chi connectivity index (χ1n) is 6.22. The van der Waals surface area contributed by atoms with E-state index in [1.807, 2.05) is 27.8 Å². The maximum atomic E-state index is 12.2. The molecule has 0 amide bonds. The van der Waals surface area contributed by atoms with Crippen molar-refractivity contribution >= 4 is 10.2 Å². The Hall–Kier alpha value is -0.170. The summed E-state index contributed by atoms with van der Waals surface area (Å²) < 4.78 is 27.4. The maximum Gasteiger partial charge on any atom is 0.281 e. The van der Waals surface area contributed by atoms with Crippen LogP contribution in [0.4, 0.5) is 0 Å². The third-order valence-electron chi connectivity index (χ3n) is 2.54. The topological polar surface area (TPSA) is 52.7 Å². The molecule has 0 unspecified atom stereocenters. The van der Waals surface area contributed by atoms with Crippen molar-refractivity contribution in [1.82, 2.24) is 13.9 Å². The van der Waals surface area contributed by atoms with E-state index in [0.717, 1.165) is 13.0 Å². The lowest BCUT2D eigenvalue weighted by atomic mass is 10.2. The van der Waals surface area contributed by atoms with Gasteiger partial charge in [-0.05, 0) is 25.9 Å². The maximum absolute atomic E-state index is 12.2. The smallest absolute Gasteiger partial charge is 0.281 e. The lowest BCUT2D eigenvalue weighted by Crippen LogP contribution is -2.44. The van der Waals surface area contributed by atoms with Gasteiger partial charge in [-0.25, -0.2) is 0 Å². The van der Waals surface area contributed by atoms with E-state index in [4.69, 9.17) is 0 Å². The first-order chi connectivity index (χ1) is 7.86. The number of hydrogen-bond acceptors (Lipinski definition) is 3. The van der Waals surface area contributed by atoms with Crippen molar-refractivity contribution in [3.63, 3.8) is 0 Å².